The minimum atomic E-state index is -3.38. The molecule has 1 atom stereocenters. The van der Waals surface area contributed by atoms with Gasteiger partial charge < -0.3 is 11.1 Å². The molecule has 102 valence electrons. The van der Waals surface area contributed by atoms with Crippen molar-refractivity contribution in [1.29, 1.82) is 0 Å². The molecule has 0 spiro atoms. The zero-order valence-corrected chi connectivity index (χ0v) is 11.8. The lowest BCUT2D eigenvalue weighted by Crippen LogP contribution is -2.35. The van der Waals surface area contributed by atoms with Crippen LogP contribution >= 0.6 is 11.6 Å². The van der Waals surface area contributed by atoms with E-state index in [9.17, 15) is 13.2 Å². The summed E-state index contributed by atoms with van der Waals surface area (Å²) in [5.41, 5.74) is 5.72. The van der Waals surface area contributed by atoms with Crippen molar-refractivity contribution < 1.29 is 13.2 Å². The van der Waals surface area contributed by atoms with Crippen LogP contribution in [0.25, 0.3) is 0 Å². The van der Waals surface area contributed by atoms with Gasteiger partial charge in [0.05, 0.1) is 21.6 Å². The third kappa shape index (κ3) is 4.24. The largest absolute Gasteiger partial charge is 0.323 e. The molecule has 0 saturated carbocycles. The highest BCUT2D eigenvalue weighted by Crippen LogP contribution is 2.25. The quantitative estimate of drug-likeness (QED) is 0.813. The summed E-state index contributed by atoms with van der Waals surface area (Å²) in [6, 6.07) is 3.15. The Kier molecular flexibility index (Phi) is 4.95. The number of anilines is 1. The van der Waals surface area contributed by atoms with Crippen molar-refractivity contribution in [2.75, 3.05) is 11.6 Å². The summed E-state index contributed by atoms with van der Waals surface area (Å²) in [5.74, 6) is 1.75. The van der Waals surface area contributed by atoms with Crippen LogP contribution in [0.4, 0.5) is 5.69 Å². The molecule has 0 heterocycles. The van der Waals surface area contributed by atoms with Crippen LogP contribution in [0.3, 0.4) is 0 Å². The second-order valence-corrected chi connectivity index (χ2v) is 6.34. The van der Waals surface area contributed by atoms with Crippen LogP contribution in [-0.4, -0.2) is 26.6 Å². The number of halogens is 1. The third-order valence-corrected chi connectivity index (χ3v) is 3.74. The lowest BCUT2D eigenvalue weighted by Gasteiger charge is -2.12. The third-order valence-electron chi connectivity index (χ3n) is 2.30. The van der Waals surface area contributed by atoms with E-state index >= 15 is 0 Å². The smallest absolute Gasteiger partial charge is 0.242 e. The number of carbonyl (C=O) groups excluding carboxylic acids is 1. The molecule has 0 aliphatic carbocycles. The summed E-state index contributed by atoms with van der Waals surface area (Å²) in [6.07, 6.45) is 6.20. The van der Waals surface area contributed by atoms with Gasteiger partial charge in [-0.15, -0.1) is 12.3 Å². The van der Waals surface area contributed by atoms with E-state index in [-0.39, 0.29) is 22.0 Å². The summed E-state index contributed by atoms with van der Waals surface area (Å²) in [5, 5.41) is 2.67. The number of terminal acetylenes is 1. The molecule has 1 amide bonds. The molecule has 0 aliphatic heterocycles. The molecule has 0 fully saturated rings. The van der Waals surface area contributed by atoms with E-state index in [0.717, 1.165) is 6.26 Å². The zero-order valence-electron chi connectivity index (χ0n) is 10.2. The number of benzene rings is 1. The predicted octanol–water partition coefficient (Wildman–Crippen LogP) is 1.03. The van der Waals surface area contributed by atoms with Crippen molar-refractivity contribution in [3.63, 3.8) is 0 Å². The van der Waals surface area contributed by atoms with E-state index in [0.29, 0.717) is 0 Å². The molecule has 1 aromatic rings. The van der Waals surface area contributed by atoms with Crippen LogP contribution in [0.15, 0.2) is 23.1 Å². The predicted molar refractivity (Wildman–Crippen MR) is 74.6 cm³/mol. The van der Waals surface area contributed by atoms with E-state index in [1.54, 1.807) is 0 Å². The number of rotatable bonds is 4. The second-order valence-electron chi connectivity index (χ2n) is 3.92. The van der Waals surface area contributed by atoms with Gasteiger partial charge in [-0.3, -0.25) is 4.79 Å². The van der Waals surface area contributed by atoms with Crippen LogP contribution in [0, 0.1) is 12.3 Å². The maximum Gasteiger partial charge on any atom is 0.242 e. The average molecular weight is 301 g/mol. The summed E-state index contributed by atoms with van der Waals surface area (Å²) in [7, 11) is -3.38. The molecule has 1 aromatic carbocycles. The minimum Gasteiger partial charge on any atom is -0.323 e. The van der Waals surface area contributed by atoms with Crippen LogP contribution in [0.1, 0.15) is 6.42 Å². The SMILES string of the molecule is C#CCC(N)C(=O)Nc1cc(S(C)(=O)=O)ccc1Cl. The molecule has 0 saturated heterocycles. The zero-order chi connectivity index (χ0) is 14.6. The highest BCUT2D eigenvalue weighted by atomic mass is 35.5. The Balaban J connectivity index is 3.02. The number of carbonyl (C=O) groups is 1. The fourth-order valence-corrected chi connectivity index (χ4v) is 2.09. The fraction of sp³-hybridized carbons (Fsp3) is 0.250. The summed E-state index contributed by atoms with van der Waals surface area (Å²) >= 11 is 5.88. The van der Waals surface area contributed by atoms with E-state index in [4.69, 9.17) is 23.8 Å². The molecule has 0 bridgehead atoms. The van der Waals surface area contributed by atoms with E-state index in [2.05, 4.69) is 11.2 Å². The molecule has 5 nitrogen and oxygen atoms in total. The maximum atomic E-state index is 11.7. The Morgan fingerprint density at radius 1 is 1.58 bits per heavy atom. The molecule has 0 aromatic heterocycles. The molecule has 7 heteroatoms. The first-order valence-electron chi connectivity index (χ1n) is 5.25. The van der Waals surface area contributed by atoms with Gasteiger partial charge in [0.2, 0.25) is 5.91 Å². The van der Waals surface area contributed by atoms with Crippen molar-refractivity contribution in [3.05, 3.63) is 23.2 Å². The summed E-state index contributed by atoms with van der Waals surface area (Å²) in [4.78, 5) is 11.7. The lowest BCUT2D eigenvalue weighted by molar-refractivity contribution is -0.117. The molecular weight excluding hydrogens is 288 g/mol. The minimum absolute atomic E-state index is 0.0534. The molecule has 0 aliphatic rings. The maximum absolute atomic E-state index is 11.7. The van der Waals surface area contributed by atoms with Crippen molar-refractivity contribution in [3.8, 4) is 12.3 Å². The highest BCUT2D eigenvalue weighted by molar-refractivity contribution is 7.90. The first-order valence-corrected chi connectivity index (χ1v) is 7.52. The molecule has 0 radical (unpaired) electrons. The van der Waals surface area contributed by atoms with E-state index in [1.807, 2.05) is 0 Å². The number of hydrogen-bond donors (Lipinski definition) is 2. The lowest BCUT2D eigenvalue weighted by atomic mass is 10.2. The van der Waals surface area contributed by atoms with Gasteiger partial charge in [0.1, 0.15) is 0 Å². The molecular formula is C12H13ClN2O3S. The monoisotopic (exact) mass is 300 g/mol. The molecule has 1 rings (SSSR count). The fourth-order valence-electron chi connectivity index (χ4n) is 1.28. The first-order chi connectivity index (χ1) is 8.75. The number of nitrogens with two attached hydrogens (primary N) is 1. The molecule has 1 unspecified atom stereocenters. The van der Waals surface area contributed by atoms with Crippen molar-refractivity contribution in [1.82, 2.24) is 0 Å². The Morgan fingerprint density at radius 3 is 2.74 bits per heavy atom. The van der Waals surface area contributed by atoms with E-state index < -0.39 is 21.8 Å². The van der Waals surface area contributed by atoms with Gasteiger partial charge in [0.15, 0.2) is 9.84 Å². The van der Waals surface area contributed by atoms with Crippen molar-refractivity contribution in [2.45, 2.75) is 17.4 Å². The molecule has 19 heavy (non-hydrogen) atoms. The number of sulfone groups is 1. The van der Waals surface area contributed by atoms with Crippen LogP contribution in [-0.2, 0) is 14.6 Å². The Labute approximate surface area is 117 Å². The van der Waals surface area contributed by atoms with Gasteiger partial charge in [-0.25, -0.2) is 8.42 Å². The van der Waals surface area contributed by atoms with Crippen LogP contribution < -0.4 is 11.1 Å². The van der Waals surface area contributed by atoms with Crippen LogP contribution in [0.5, 0.6) is 0 Å². The molecule has 3 N–H and O–H groups in total. The number of amides is 1. The Hall–Kier alpha value is -1.55. The van der Waals surface area contributed by atoms with Crippen LogP contribution in [0.2, 0.25) is 5.02 Å². The first kappa shape index (κ1) is 15.5. The van der Waals surface area contributed by atoms with Gasteiger partial charge in [0, 0.05) is 12.7 Å². The van der Waals surface area contributed by atoms with Gasteiger partial charge in [-0.1, -0.05) is 11.6 Å². The Bertz CT molecular complexity index is 635. The highest BCUT2D eigenvalue weighted by Gasteiger charge is 2.16. The average Bonchev–Trinajstić information content (AvgIpc) is 2.30. The number of hydrogen-bond acceptors (Lipinski definition) is 4. The van der Waals surface area contributed by atoms with Gasteiger partial charge in [-0.05, 0) is 18.2 Å². The normalized spacial score (nSPS) is 12.5. The summed E-state index contributed by atoms with van der Waals surface area (Å²) in [6.45, 7) is 0. The standard InChI is InChI=1S/C12H13ClN2O3S/c1-3-4-10(14)12(16)15-11-7-8(19(2,17)18)5-6-9(11)13/h1,5-7,10H,4,14H2,2H3,(H,15,16). The second kappa shape index (κ2) is 6.06. The topological polar surface area (TPSA) is 89.3 Å². The van der Waals surface area contributed by atoms with Gasteiger partial charge in [0.25, 0.3) is 0 Å². The van der Waals surface area contributed by atoms with Crippen molar-refractivity contribution in [2.24, 2.45) is 5.73 Å². The van der Waals surface area contributed by atoms with Gasteiger partial charge in [-0.2, -0.15) is 0 Å². The Morgan fingerprint density at radius 2 is 2.21 bits per heavy atom. The number of nitrogens with one attached hydrogen (secondary N) is 1. The van der Waals surface area contributed by atoms with E-state index in [1.165, 1.54) is 18.2 Å². The summed E-state index contributed by atoms with van der Waals surface area (Å²) < 4.78 is 22.8. The van der Waals surface area contributed by atoms with Gasteiger partial charge >= 0.3 is 0 Å². The van der Waals surface area contributed by atoms with Crippen molar-refractivity contribution >= 4 is 33.0 Å².